The fourth-order valence-electron chi connectivity index (χ4n) is 0.982. The van der Waals surface area contributed by atoms with Crippen molar-refractivity contribution in [2.75, 3.05) is 0 Å². The number of carboxylic acid groups (broad SMARTS) is 1. The summed E-state index contributed by atoms with van der Waals surface area (Å²) in [5, 5.41) is 8.96. The molecule has 0 fully saturated rings. The number of nitrogens with zero attached hydrogens (tertiary/aromatic N) is 1. The Morgan fingerprint density at radius 2 is 2.20 bits per heavy atom. The molecule has 1 N–H and O–H groups in total. The van der Waals surface area contributed by atoms with E-state index in [9.17, 15) is 13.6 Å². The standard InChI is InChI=1S/C8H5Br2F2NO2/c9-2-5-3(8(14)15)1-4(7(11)12)6(10)13-5/h1,7H,2H2,(H,14,15). The predicted molar refractivity (Wildman–Crippen MR) is 56.5 cm³/mol. The first-order valence-electron chi connectivity index (χ1n) is 3.74. The molecule has 1 rings (SSSR count). The minimum absolute atomic E-state index is 0.0306. The van der Waals surface area contributed by atoms with E-state index in [1.54, 1.807) is 0 Å². The third-order valence-corrected chi connectivity index (χ3v) is 2.84. The van der Waals surface area contributed by atoms with E-state index >= 15 is 0 Å². The molecule has 0 radical (unpaired) electrons. The van der Waals surface area contributed by atoms with Crippen LogP contribution in [-0.4, -0.2) is 16.1 Å². The van der Waals surface area contributed by atoms with E-state index in [1.165, 1.54) is 0 Å². The fraction of sp³-hybridized carbons (Fsp3) is 0.250. The Kier molecular flexibility index (Phi) is 4.15. The summed E-state index contributed by atoms with van der Waals surface area (Å²) in [7, 11) is 0. The van der Waals surface area contributed by atoms with Gasteiger partial charge in [-0.3, -0.25) is 0 Å². The highest BCUT2D eigenvalue weighted by molar-refractivity contribution is 9.10. The third-order valence-electron chi connectivity index (χ3n) is 1.67. The average Bonchev–Trinajstić information content (AvgIpc) is 2.16. The van der Waals surface area contributed by atoms with Crippen molar-refractivity contribution < 1.29 is 18.7 Å². The molecule has 0 aliphatic heterocycles. The van der Waals surface area contributed by atoms with Gasteiger partial charge in [0.15, 0.2) is 0 Å². The first-order valence-corrected chi connectivity index (χ1v) is 5.65. The number of carboxylic acids is 1. The Bertz CT molecular complexity index is 398. The maximum atomic E-state index is 12.4. The molecule has 0 saturated heterocycles. The van der Waals surface area contributed by atoms with E-state index in [2.05, 4.69) is 36.8 Å². The van der Waals surface area contributed by atoms with E-state index in [1.807, 2.05) is 0 Å². The number of halogens is 4. The van der Waals surface area contributed by atoms with Crippen LogP contribution in [0.1, 0.15) is 28.0 Å². The number of aromatic carboxylic acids is 1. The zero-order chi connectivity index (χ0) is 11.6. The van der Waals surface area contributed by atoms with Crippen LogP contribution < -0.4 is 0 Å². The zero-order valence-corrected chi connectivity index (χ0v) is 10.3. The summed E-state index contributed by atoms with van der Waals surface area (Å²) in [5.74, 6) is -1.27. The summed E-state index contributed by atoms with van der Waals surface area (Å²) in [6.07, 6.45) is -2.76. The Balaban J connectivity index is 3.37. The van der Waals surface area contributed by atoms with Gasteiger partial charge in [-0.25, -0.2) is 18.6 Å². The third kappa shape index (κ3) is 2.72. The molecule has 1 aromatic heterocycles. The Morgan fingerprint density at radius 1 is 1.60 bits per heavy atom. The Labute approximate surface area is 101 Å². The Hall–Kier alpha value is -0.560. The summed E-state index contributed by atoms with van der Waals surface area (Å²) in [5.41, 5.74) is -0.429. The van der Waals surface area contributed by atoms with Crippen LogP contribution in [0.2, 0.25) is 0 Å². The lowest BCUT2D eigenvalue weighted by Crippen LogP contribution is -2.06. The first-order chi connectivity index (χ1) is 6.97. The highest BCUT2D eigenvalue weighted by Gasteiger charge is 2.19. The van der Waals surface area contributed by atoms with Crippen molar-refractivity contribution in [3.05, 3.63) is 27.5 Å². The molecule has 82 valence electrons. The van der Waals surface area contributed by atoms with Crippen LogP contribution in [0.15, 0.2) is 10.7 Å². The molecular weight excluding hydrogens is 340 g/mol. The number of pyridine rings is 1. The van der Waals surface area contributed by atoms with E-state index < -0.39 is 18.0 Å². The molecule has 15 heavy (non-hydrogen) atoms. The molecule has 7 heteroatoms. The van der Waals surface area contributed by atoms with Crippen molar-refractivity contribution >= 4 is 37.8 Å². The maximum Gasteiger partial charge on any atom is 0.337 e. The minimum atomic E-state index is -2.76. The molecule has 0 bridgehead atoms. The molecule has 0 atom stereocenters. The lowest BCUT2D eigenvalue weighted by atomic mass is 10.1. The first kappa shape index (κ1) is 12.5. The monoisotopic (exact) mass is 343 g/mol. The topological polar surface area (TPSA) is 50.2 Å². The highest BCUT2D eigenvalue weighted by atomic mass is 79.9. The summed E-state index contributed by atoms with van der Waals surface area (Å²) >= 11 is 5.91. The van der Waals surface area contributed by atoms with Crippen LogP contribution in [0.5, 0.6) is 0 Å². The van der Waals surface area contributed by atoms with Crippen LogP contribution in [0.3, 0.4) is 0 Å². The number of hydrogen-bond donors (Lipinski definition) is 1. The average molecular weight is 345 g/mol. The van der Waals surface area contributed by atoms with Gasteiger partial charge in [-0.1, -0.05) is 15.9 Å². The van der Waals surface area contributed by atoms with Crippen molar-refractivity contribution in [2.24, 2.45) is 0 Å². The number of hydrogen-bond acceptors (Lipinski definition) is 2. The number of rotatable bonds is 3. The van der Waals surface area contributed by atoms with Gasteiger partial charge in [-0.2, -0.15) is 0 Å². The number of aromatic nitrogens is 1. The van der Waals surface area contributed by atoms with Gasteiger partial charge in [0.2, 0.25) is 0 Å². The van der Waals surface area contributed by atoms with Gasteiger partial charge in [0.1, 0.15) is 4.60 Å². The summed E-state index contributed by atoms with van der Waals surface area (Å²) in [4.78, 5) is 14.5. The van der Waals surface area contributed by atoms with Crippen molar-refractivity contribution in [1.82, 2.24) is 4.98 Å². The van der Waals surface area contributed by atoms with E-state index in [0.717, 1.165) is 6.07 Å². The minimum Gasteiger partial charge on any atom is -0.478 e. The second kappa shape index (κ2) is 4.98. The Morgan fingerprint density at radius 3 is 2.60 bits per heavy atom. The van der Waals surface area contributed by atoms with Gasteiger partial charge >= 0.3 is 5.97 Å². The smallest absolute Gasteiger partial charge is 0.337 e. The van der Waals surface area contributed by atoms with Gasteiger partial charge < -0.3 is 5.11 Å². The predicted octanol–water partition coefficient (Wildman–Crippen LogP) is 3.37. The quantitative estimate of drug-likeness (QED) is 0.675. The van der Waals surface area contributed by atoms with Crippen LogP contribution in [-0.2, 0) is 5.33 Å². The van der Waals surface area contributed by atoms with Crippen molar-refractivity contribution in [2.45, 2.75) is 11.8 Å². The van der Waals surface area contributed by atoms with Gasteiger partial charge in [0.25, 0.3) is 6.43 Å². The van der Waals surface area contributed by atoms with Crippen molar-refractivity contribution in [1.29, 1.82) is 0 Å². The van der Waals surface area contributed by atoms with Gasteiger partial charge in [0.05, 0.1) is 16.8 Å². The van der Waals surface area contributed by atoms with Gasteiger partial charge in [-0.15, -0.1) is 0 Å². The molecule has 0 aliphatic rings. The van der Waals surface area contributed by atoms with Crippen LogP contribution in [0.25, 0.3) is 0 Å². The van der Waals surface area contributed by atoms with Crippen molar-refractivity contribution in [3.8, 4) is 0 Å². The summed E-state index contributed by atoms with van der Waals surface area (Å²) < 4.78 is 24.8. The molecule has 1 heterocycles. The highest BCUT2D eigenvalue weighted by Crippen LogP contribution is 2.28. The summed E-state index contributed by atoms with van der Waals surface area (Å²) in [6, 6.07) is 0.931. The van der Waals surface area contributed by atoms with Crippen LogP contribution in [0, 0.1) is 0 Å². The second-order valence-corrected chi connectivity index (χ2v) is 3.91. The molecule has 0 amide bonds. The molecule has 0 aliphatic carbocycles. The number of alkyl halides is 3. The second-order valence-electron chi connectivity index (χ2n) is 2.60. The van der Waals surface area contributed by atoms with Crippen LogP contribution >= 0.6 is 31.9 Å². The molecule has 0 unspecified atom stereocenters. The number of carbonyl (C=O) groups is 1. The maximum absolute atomic E-state index is 12.4. The van der Waals surface area contributed by atoms with E-state index in [0.29, 0.717) is 0 Å². The lowest BCUT2D eigenvalue weighted by Gasteiger charge is -2.07. The molecule has 1 aromatic rings. The summed E-state index contributed by atoms with van der Waals surface area (Å²) in [6.45, 7) is 0. The van der Waals surface area contributed by atoms with Crippen LogP contribution in [0.4, 0.5) is 8.78 Å². The van der Waals surface area contributed by atoms with Gasteiger partial charge in [-0.05, 0) is 22.0 Å². The molecular formula is C8H5Br2F2NO2. The molecule has 0 saturated carbocycles. The normalized spacial score (nSPS) is 10.7. The van der Waals surface area contributed by atoms with E-state index in [4.69, 9.17) is 5.11 Å². The van der Waals surface area contributed by atoms with E-state index in [-0.39, 0.29) is 21.2 Å². The zero-order valence-electron chi connectivity index (χ0n) is 7.18. The molecule has 0 spiro atoms. The largest absolute Gasteiger partial charge is 0.478 e. The SMILES string of the molecule is O=C(O)c1cc(C(F)F)c(Br)nc1CBr. The van der Waals surface area contributed by atoms with Crippen molar-refractivity contribution in [3.63, 3.8) is 0 Å². The molecule has 3 nitrogen and oxygen atoms in total. The van der Waals surface area contributed by atoms with Gasteiger partial charge in [0, 0.05) is 5.33 Å². The fourth-order valence-corrected chi connectivity index (χ4v) is 1.91. The lowest BCUT2D eigenvalue weighted by molar-refractivity contribution is 0.0695. The molecule has 0 aromatic carbocycles.